The molecule has 0 aromatic carbocycles. The number of epoxide rings is 1. The van der Waals surface area contributed by atoms with Gasteiger partial charge in [0, 0.05) is 19.0 Å². The van der Waals surface area contributed by atoms with Crippen molar-refractivity contribution in [1.29, 1.82) is 0 Å². The molecular weight excluding hydrogens is 948 g/mol. The third-order valence-corrected chi connectivity index (χ3v) is 14.2. The standard InChI is InChI=1S/C49H79N3O16P2/c1-4-6-23-29-40-41(66-40)30-25-20-16-11-9-7-8-10-12-17-21-26-31-44(53)62-35-39(65-45(54)32-27-22-18-14-13-15-19-24-28-38(3)5-2)36-63-69(58,59)68-70(60,61)64-37-42-46(55)47(56)48(67-42)52-34-33-43(50)51-49(52)57/h6,8-11,17,20-21,23,25,33-34,38-42,46-48,55-56H,4-5,7,12-16,18-19,22,24,26-32,35-37H2,1-3H3,(H,58,59)(H,60,61)(H2,50,51,57)/b10-8-,11-9-,21-17-,23-6-,25-20-/t38?,39-,40?,41?,42-,46-,47-,48-/m1/s1. The van der Waals surface area contributed by atoms with Gasteiger partial charge >= 0.3 is 33.3 Å². The first kappa shape index (κ1) is 60.7. The highest BCUT2D eigenvalue weighted by Crippen LogP contribution is 2.60. The van der Waals surface area contributed by atoms with Crippen molar-refractivity contribution in [2.45, 2.75) is 186 Å². The monoisotopic (exact) mass is 1030 g/mol. The van der Waals surface area contributed by atoms with Gasteiger partial charge in [0.05, 0.1) is 25.4 Å². The fourth-order valence-corrected chi connectivity index (χ4v) is 9.35. The predicted molar refractivity (Wildman–Crippen MR) is 265 cm³/mol. The second-order valence-corrected chi connectivity index (χ2v) is 20.6. The summed E-state index contributed by atoms with van der Waals surface area (Å²) in [6.07, 6.45) is 30.9. The highest BCUT2D eigenvalue weighted by Gasteiger charge is 2.46. The van der Waals surface area contributed by atoms with Crippen LogP contribution in [0.5, 0.6) is 0 Å². The average molecular weight is 1030 g/mol. The van der Waals surface area contributed by atoms with Gasteiger partial charge in [0.2, 0.25) is 0 Å². The van der Waals surface area contributed by atoms with Crippen LogP contribution in [0, 0.1) is 5.92 Å². The van der Waals surface area contributed by atoms with Gasteiger partial charge in [-0.15, -0.1) is 0 Å². The van der Waals surface area contributed by atoms with Gasteiger partial charge < -0.3 is 44.7 Å². The summed E-state index contributed by atoms with van der Waals surface area (Å²) in [5, 5.41) is 20.9. The molecule has 19 nitrogen and oxygen atoms in total. The fourth-order valence-electron chi connectivity index (χ4n) is 7.24. The summed E-state index contributed by atoms with van der Waals surface area (Å²) >= 11 is 0. The van der Waals surface area contributed by atoms with E-state index in [9.17, 15) is 43.5 Å². The number of rotatable bonds is 38. The van der Waals surface area contributed by atoms with Gasteiger partial charge in [-0.3, -0.25) is 23.2 Å². The van der Waals surface area contributed by atoms with E-state index in [0.717, 1.165) is 74.5 Å². The zero-order chi connectivity index (χ0) is 51.2. The number of carbonyl (C=O) groups excluding carboxylic acids is 2. The number of hydrogen-bond donors (Lipinski definition) is 5. The first-order chi connectivity index (χ1) is 33.5. The van der Waals surface area contributed by atoms with Crippen LogP contribution in [0.15, 0.2) is 77.8 Å². The summed E-state index contributed by atoms with van der Waals surface area (Å²) in [7, 11) is -10.9. The minimum atomic E-state index is -5.44. The molecule has 10 atom stereocenters. The minimum absolute atomic E-state index is 0.00326. The molecule has 0 radical (unpaired) electrons. The molecule has 3 rings (SSSR count). The Morgan fingerprint density at radius 1 is 0.757 bits per heavy atom. The Morgan fingerprint density at radius 3 is 1.97 bits per heavy atom. The van der Waals surface area contributed by atoms with Gasteiger partial charge in [-0.2, -0.15) is 9.29 Å². The van der Waals surface area contributed by atoms with Crippen molar-refractivity contribution in [2.75, 3.05) is 25.6 Å². The number of ether oxygens (including phenoxy) is 4. The summed E-state index contributed by atoms with van der Waals surface area (Å²) in [5.41, 5.74) is 4.58. The fraction of sp³-hybridized carbons (Fsp3) is 0.673. The van der Waals surface area contributed by atoms with E-state index in [4.69, 9.17) is 33.7 Å². The Hall–Kier alpha value is -3.58. The van der Waals surface area contributed by atoms with Gasteiger partial charge in [-0.25, -0.2) is 13.9 Å². The van der Waals surface area contributed by atoms with Crippen LogP contribution < -0.4 is 11.4 Å². The molecule has 0 spiro atoms. The summed E-state index contributed by atoms with van der Waals surface area (Å²) in [5.74, 6) is -0.652. The van der Waals surface area contributed by atoms with Crippen molar-refractivity contribution in [3.05, 3.63) is 83.5 Å². The molecule has 6 N–H and O–H groups in total. The number of aliphatic hydroxyl groups is 2. The molecule has 5 unspecified atom stereocenters. The Labute approximate surface area is 413 Å². The van der Waals surface area contributed by atoms with Crippen LogP contribution >= 0.6 is 15.6 Å². The number of hydrogen-bond acceptors (Lipinski definition) is 16. The molecule has 21 heteroatoms. The topological polar surface area (TPSA) is 278 Å². The molecule has 0 aliphatic carbocycles. The lowest BCUT2D eigenvalue weighted by atomic mass is 9.99. The molecule has 70 heavy (non-hydrogen) atoms. The molecular formula is C49H79N3O16P2. The quantitative estimate of drug-likeness (QED) is 0.0136. The molecule has 2 aliphatic rings. The third-order valence-electron chi connectivity index (χ3n) is 11.6. The van der Waals surface area contributed by atoms with Crippen molar-refractivity contribution in [3.63, 3.8) is 0 Å². The Balaban J connectivity index is 1.41. The van der Waals surface area contributed by atoms with Crippen LogP contribution in [0.3, 0.4) is 0 Å². The molecule has 0 bridgehead atoms. The molecule has 396 valence electrons. The van der Waals surface area contributed by atoms with Gasteiger partial charge in [0.15, 0.2) is 12.3 Å². The van der Waals surface area contributed by atoms with Gasteiger partial charge in [0.25, 0.3) is 0 Å². The molecule has 2 fully saturated rings. The number of nitrogen functional groups attached to an aromatic ring is 1. The highest BCUT2D eigenvalue weighted by atomic mass is 31.3. The molecule has 3 heterocycles. The van der Waals surface area contributed by atoms with Crippen molar-refractivity contribution in [1.82, 2.24) is 9.55 Å². The van der Waals surface area contributed by atoms with Crippen LogP contribution in [0.4, 0.5) is 5.82 Å². The Morgan fingerprint density at radius 2 is 1.34 bits per heavy atom. The first-order valence-corrected chi connectivity index (χ1v) is 27.8. The number of allylic oxidation sites excluding steroid dienone is 8. The van der Waals surface area contributed by atoms with E-state index in [1.807, 2.05) is 18.2 Å². The van der Waals surface area contributed by atoms with Crippen molar-refractivity contribution in [3.8, 4) is 0 Å². The number of anilines is 1. The van der Waals surface area contributed by atoms with Gasteiger partial charge in [-0.05, 0) is 63.4 Å². The van der Waals surface area contributed by atoms with Crippen LogP contribution in [0.1, 0.15) is 149 Å². The van der Waals surface area contributed by atoms with E-state index >= 15 is 0 Å². The van der Waals surface area contributed by atoms with Crippen molar-refractivity contribution < 1.29 is 71.0 Å². The zero-order valence-electron chi connectivity index (χ0n) is 41.2. The summed E-state index contributed by atoms with van der Waals surface area (Å²) in [4.78, 5) is 61.8. The normalized spacial score (nSPS) is 23.1. The van der Waals surface area contributed by atoms with Gasteiger partial charge in [-0.1, -0.05) is 139 Å². The maximum absolute atomic E-state index is 12.8. The van der Waals surface area contributed by atoms with Crippen LogP contribution in [0.25, 0.3) is 0 Å². The Kier molecular flexibility index (Phi) is 29.5. The van der Waals surface area contributed by atoms with Gasteiger partial charge in [0.1, 0.15) is 30.7 Å². The molecule has 2 aliphatic heterocycles. The number of nitrogens with zero attached hydrogens (tertiary/aromatic N) is 2. The highest BCUT2D eigenvalue weighted by molar-refractivity contribution is 7.61. The van der Waals surface area contributed by atoms with E-state index in [2.05, 4.69) is 72.6 Å². The lowest BCUT2D eigenvalue weighted by Crippen LogP contribution is -2.36. The van der Waals surface area contributed by atoms with Crippen LogP contribution in [-0.2, 0) is 51.0 Å². The summed E-state index contributed by atoms with van der Waals surface area (Å²) in [6.45, 7) is 4.22. The van der Waals surface area contributed by atoms with E-state index in [-0.39, 0.29) is 18.7 Å². The molecule has 0 amide bonds. The number of esters is 2. The number of phosphoric ester groups is 2. The number of nitrogens with two attached hydrogens (primary N) is 1. The van der Waals surface area contributed by atoms with E-state index in [0.29, 0.717) is 31.5 Å². The molecule has 2 saturated heterocycles. The van der Waals surface area contributed by atoms with Crippen LogP contribution in [-0.4, -0.2) is 97.9 Å². The first-order valence-electron chi connectivity index (χ1n) is 24.8. The smallest absolute Gasteiger partial charge is 0.462 e. The predicted octanol–water partition coefficient (Wildman–Crippen LogP) is 8.79. The minimum Gasteiger partial charge on any atom is -0.462 e. The van der Waals surface area contributed by atoms with E-state index in [1.165, 1.54) is 38.2 Å². The lowest BCUT2D eigenvalue weighted by molar-refractivity contribution is -0.161. The van der Waals surface area contributed by atoms with Crippen molar-refractivity contribution in [2.24, 2.45) is 5.92 Å². The molecule has 1 aromatic heterocycles. The summed E-state index contributed by atoms with van der Waals surface area (Å²) in [6, 6.07) is 1.24. The Bertz CT molecular complexity index is 1990. The molecule has 0 saturated carbocycles. The number of aromatic nitrogens is 2. The number of carbonyl (C=O) groups is 2. The number of unbranched alkanes of at least 4 members (excludes halogenated alkanes) is 7. The average Bonchev–Trinajstić information content (AvgIpc) is 4.00. The maximum Gasteiger partial charge on any atom is 0.481 e. The number of phosphoric acid groups is 2. The van der Waals surface area contributed by atoms with E-state index < -0.39 is 83.7 Å². The maximum atomic E-state index is 12.8. The summed E-state index contributed by atoms with van der Waals surface area (Å²) < 4.78 is 62.3. The lowest BCUT2D eigenvalue weighted by Gasteiger charge is -2.21. The second-order valence-electron chi connectivity index (χ2n) is 17.6. The second kappa shape index (κ2) is 34.0. The van der Waals surface area contributed by atoms with Crippen LogP contribution in [0.2, 0.25) is 0 Å². The SMILES string of the molecule is CC/C=C\CC1OC1C/C=C\C/C=C\C/C=C\C/C=C\CCC(=O)OC[C@H](COP(=O)(O)OP(=O)(O)OC[C@H]1O[C@@H](n2ccc(N)nc2=O)[C@H](O)[C@@H]1O)OC(=O)CCCCCCCCCCC(C)CC. The molecule has 1 aromatic rings. The zero-order valence-corrected chi connectivity index (χ0v) is 42.9. The largest absolute Gasteiger partial charge is 0.481 e. The number of aliphatic hydroxyl groups excluding tert-OH is 2. The van der Waals surface area contributed by atoms with Crippen molar-refractivity contribution >= 4 is 33.4 Å². The third kappa shape index (κ3) is 26.2. The van der Waals surface area contributed by atoms with E-state index in [1.54, 1.807) is 0 Å².